The van der Waals surface area contributed by atoms with Crippen LogP contribution in [0.3, 0.4) is 0 Å². The Bertz CT molecular complexity index is 230. The minimum atomic E-state index is 0.156. The molecule has 0 atom stereocenters. The lowest BCUT2D eigenvalue weighted by Gasteiger charge is -2.08. The van der Waals surface area contributed by atoms with E-state index in [9.17, 15) is 0 Å². The molecule has 0 N–H and O–H groups in total. The summed E-state index contributed by atoms with van der Waals surface area (Å²) in [6.45, 7) is 2.29. The standard InChI is InChI=1S/C18H34S/c1-2-3-4-5-6-7-8-9-10-11-12-13-16-19-17-14-15-18-19/h14-15,17-19H,2-13,16H2,1H3. The van der Waals surface area contributed by atoms with E-state index in [1.165, 1.54) is 82.8 Å². The van der Waals surface area contributed by atoms with Gasteiger partial charge >= 0.3 is 0 Å². The molecule has 0 aromatic rings. The van der Waals surface area contributed by atoms with Gasteiger partial charge in [0, 0.05) is 0 Å². The Labute approximate surface area is 124 Å². The van der Waals surface area contributed by atoms with Crippen molar-refractivity contribution in [2.75, 3.05) is 5.75 Å². The van der Waals surface area contributed by atoms with Crippen LogP contribution in [0.25, 0.3) is 0 Å². The van der Waals surface area contributed by atoms with Crippen LogP contribution < -0.4 is 0 Å². The second-order valence-corrected chi connectivity index (χ2v) is 7.88. The van der Waals surface area contributed by atoms with Gasteiger partial charge in [-0.2, -0.15) is 0 Å². The molecule has 0 nitrogen and oxygen atoms in total. The van der Waals surface area contributed by atoms with Crippen molar-refractivity contribution >= 4 is 10.9 Å². The van der Waals surface area contributed by atoms with Crippen LogP contribution in [0, 0.1) is 0 Å². The minimum absolute atomic E-state index is 0.156. The Kier molecular flexibility index (Phi) is 11.4. The van der Waals surface area contributed by atoms with Gasteiger partial charge in [-0.15, -0.1) is 0 Å². The molecule has 0 radical (unpaired) electrons. The summed E-state index contributed by atoms with van der Waals surface area (Å²) >= 11 is 0. The first-order valence-corrected chi connectivity index (χ1v) is 10.2. The fourth-order valence-electron chi connectivity index (χ4n) is 2.65. The number of hydrogen-bond donors (Lipinski definition) is 1. The zero-order chi connectivity index (χ0) is 13.6. The smallest absolute Gasteiger partial charge is 0.0185 e. The number of unbranched alkanes of at least 4 members (excludes halogenated alkanes) is 11. The number of allylic oxidation sites excluding steroid dienone is 2. The predicted octanol–water partition coefficient (Wildman–Crippen LogP) is 6.73. The third kappa shape index (κ3) is 10.3. The average molecular weight is 283 g/mol. The van der Waals surface area contributed by atoms with Gasteiger partial charge in [0.2, 0.25) is 0 Å². The molecule has 0 spiro atoms. The van der Waals surface area contributed by atoms with Crippen molar-refractivity contribution in [3.05, 3.63) is 23.0 Å². The van der Waals surface area contributed by atoms with Crippen molar-refractivity contribution in [2.45, 2.75) is 84.0 Å². The maximum atomic E-state index is 2.40. The van der Waals surface area contributed by atoms with Gasteiger partial charge in [0.1, 0.15) is 0 Å². The normalized spacial score (nSPS) is 15.5. The fraction of sp³-hybridized carbons (Fsp3) is 0.778. The molecule has 1 heterocycles. The van der Waals surface area contributed by atoms with E-state index in [-0.39, 0.29) is 10.9 Å². The molecule has 1 aliphatic rings. The van der Waals surface area contributed by atoms with Gasteiger partial charge < -0.3 is 0 Å². The van der Waals surface area contributed by atoms with Gasteiger partial charge in [0.25, 0.3) is 0 Å². The van der Waals surface area contributed by atoms with E-state index in [0.717, 1.165) is 0 Å². The summed E-state index contributed by atoms with van der Waals surface area (Å²) in [5, 5.41) is 4.79. The zero-order valence-electron chi connectivity index (χ0n) is 12.9. The molecule has 0 saturated heterocycles. The summed E-state index contributed by atoms with van der Waals surface area (Å²) in [6.07, 6.45) is 21.9. The molecule has 0 aliphatic carbocycles. The molecular formula is C18H34S. The second-order valence-electron chi connectivity index (χ2n) is 5.81. The highest BCUT2D eigenvalue weighted by Gasteiger charge is 1.98. The van der Waals surface area contributed by atoms with Gasteiger partial charge in [0.15, 0.2) is 0 Å². The average Bonchev–Trinajstić information content (AvgIpc) is 2.93. The molecule has 1 rings (SSSR count). The zero-order valence-corrected chi connectivity index (χ0v) is 13.8. The molecule has 19 heavy (non-hydrogen) atoms. The lowest BCUT2D eigenvalue weighted by atomic mass is 10.1. The highest BCUT2D eigenvalue weighted by Crippen LogP contribution is 2.33. The Morgan fingerprint density at radius 1 is 0.579 bits per heavy atom. The van der Waals surface area contributed by atoms with Crippen molar-refractivity contribution in [1.29, 1.82) is 0 Å². The number of thiol groups is 1. The van der Waals surface area contributed by atoms with Crippen LogP contribution in [0.2, 0.25) is 0 Å². The Balaban J connectivity index is 1.69. The third-order valence-electron chi connectivity index (χ3n) is 3.94. The van der Waals surface area contributed by atoms with Crippen molar-refractivity contribution in [3.63, 3.8) is 0 Å². The molecule has 1 heteroatoms. The molecule has 0 aromatic carbocycles. The minimum Gasteiger partial charge on any atom is -0.213 e. The van der Waals surface area contributed by atoms with E-state index >= 15 is 0 Å². The van der Waals surface area contributed by atoms with E-state index in [1.54, 1.807) is 0 Å². The molecule has 0 amide bonds. The van der Waals surface area contributed by atoms with E-state index in [1.807, 2.05) is 0 Å². The van der Waals surface area contributed by atoms with Crippen LogP contribution in [0.1, 0.15) is 84.0 Å². The lowest BCUT2D eigenvalue weighted by Crippen LogP contribution is -1.85. The fourth-order valence-corrected chi connectivity index (χ4v) is 4.28. The molecule has 0 fully saturated rings. The van der Waals surface area contributed by atoms with Crippen LogP contribution in [0.4, 0.5) is 0 Å². The van der Waals surface area contributed by atoms with Crippen molar-refractivity contribution in [3.8, 4) is 0 Å². The summed E-state index contributed by atoms with van der Waals surface area (Å²) in [7, 11) is 0.156. The van der Waals surface area contributed by atoms with Crippen LogP contribution in [0.5, 0.6) is 0 Å². The maximum absolute atomic E-state index is 2.40. The largest absolute Gasteiger partial charge is 0.213 e. The van der Waals surface area contributed by atoms with E-state index in [0.29, 0.717) is 0 Å². The van der Waals surface area contributed by atoms with Crippen LogP contribution in [-0.2, 0) is 0 Å². The first kappa shape index (κ1) is 16.9. The predicted molar refractivity (Wildman–Crippen MR) is 93.2 cm³/mol. The van der Waals surface area contributed by atoms with E-state index in [2.05, 4.69) is 29.9 Å². The highest BCUT2D eigenvalue weighted by molar-refractivity contribution is 8.22. The molecule has 0 aromatic heterocycles. The number of hydrogen-bond acceptors (Lipinski definition) is 0. The van der Waals surface area contributed by atoms with E-state index < -0.39 is 0 Å². The number of rotatable bonds is 13. The molecule has 0 bridgehead atoms. The van der Waals surface area contributed by atoms with Gasteiger partial charge in [-0.3, -0.25) is 0 Å². The molecular weight excluding hydrogens is 248 g/mol. The monoisotopic (exact) mass is 282 g/mol. The van der Waals surface area contributed by atoms with Gasteiger partial charge in [0.05, 0.1) is 0 Å². The first-order chi connectivity index (χ1) is 9.43. The van der Waals surface area contributed by atoms with E-state index in [4.69, 9.17) is 0 Å². The van der Waals surface area contributed by atoms with Gasteiger partial charge in [-0.25, -0.2) is 10.9 Å². The summed E-state index contributed by atoms with van der Waals surface area (Å²) in [6, 6.07) is 0. The molecule has 1 aliphatic heterocycles. The van der Waals surface area contributed by atoms with Gasteiger partial charge in [-0.1, -0.05) is 89.7 Å². The quantitative estimate of drug-likeness (QED) is 0.281. The highest BCUT2D eigenvalue weighted by atomic mass is 32.2. The molecule has 112 valence electrons. The van der Waals surface area contributed by atoms with Crippen molar-refractivity contribution in [1.82, 2.24) is 0 Å². The SMILES string of the molecule is CCCCCCCCCCCCCC[SH]1C=CC=C1. The van der Waals surface area contributed by atoms with Crippen LogP contribution in [0.15, 0.2) is 23.0 Å². The summed E-state index contributed by atoms with van der Waals surface area (Å²) < 4.78 is 0. The Hall–Kier alpha value is -0.170. The maximum Gasteiger partial charge on any atom is -0.0185 e. The Morgan fingerprint density at radius 3 is 1.47 bits per heavy atom. The molecule has 0 saturated carbocycles. The first-order valence-electron chi connectivity index (χ1n) is 8.54. The molecule has 0 unspecified atom stereocenters. The van der Waals surface area contributed by atoms with Crippen molar-refractivity contribution in [2.24, 2.45) is 0 Å². The third-order valence-corrected chi connectivity index (χ3v) is 5.88. The lowest BCUT2D eigenvalue weighted by molar-refractivity contribution is 0.548. The van der Waals surface area contributed by atoms with Crippen molar-refractivity contribution < 1.29 is 0 Å². The van der Waals surface area contributed by atoms with Crippen LogP contribution >= 0.6 is 10.9 Å². The summed E-state index contributed by atoms with van der Waals surface area (Å²) in [5.41, 5.74) is 0. The summed E-state index contributed by atoms with van der Waals surface area (Å²) in [4.78, 5) is 0. The topological polar surface area (TPSA) is 0 Å². The Morgan fingerprint density at radius 2 is 1.00 bits per heavy atom. The van der Waals surface area contributed by atoms with Crippen LogP contribution in [-0.4, -0.2) is 5.75 Å². The second kappa shape index (κ2) is 12.8. The summed E-state index contributed by atoms with van der Waals surface area (Å²) in [5.74, 6) is 1.43. The van der Waals surface area contributed by atoms with Gasteiger partial charge in [-0.05, 0) is 23.0 Å².